The number of amides is 2. The fraction of sp³-hybridized carbons (Fsp3) is 0.190. The summed E-state index contributed by atoms with van der Waals surface area (Å²) in [5.41, 5.74) is 2.39. The molecule has 1 saturated heterocycles. The minimum Gasteiger partial charge on any atom is -0.495 e. The largest absolute Gasteiger partial charge is 0.495 e. The fourth-order valence-corrected chi connectivity index (χ4v) is 2.98. The Balaban J connectivity index is 1.77. The maximum absolute atomic E-state index is 12.2. The molecule has 2 amide bonds. The van der Waals surface area contributed by atoms with Crippen molar-refractivity contribution in [2.75, 3.05) is 23.9 Å². The molecule has 6 nitrogen and oxygen atoms in total. The Labute approximate surface area is 157 Å². The van der Waals surface area contributed by atoms with Crippen molar-refractivity contribution in [1.29, 1.82) is 5.26 Å². The lowest BCUT2D eigenvalue weighted by Gasteiger charge is -2.20. The zero-order valence-corrected chi connectivity index (χ0v) is 14.9. The molecule has 0 radical (unpaired) electrons. The molecule has 0 atom stereocenters. The number of rotatable bonds is 5. The second kappa shape index (κ2) is 8.19. The summed E-state index contributed by atoms with van der Waals surface area (Å²) in [6.45, 7) is 0.636. The van der Waals surface area contributed by atoms with E-state index in [0.29, 0.717) is 41.2 Å². The van der Waals surface area contributed by atoms with Crippen molar-refractivity contribution in [3.05, 3.63) is 59.7 Å². The van der Waals surface area contributed by atoms with Crippen LogP contribution in [0, 0.1) is 11.3 Å². The standard InChI is InChI=1S/C21H19N3O3/c1-27-19-10-9-17(13-18(19)24-12-4-7-21(24)26)23-20(25)11-8-15-5-2-3-6-16(15)14-22/h2-3,5-6,8-11,13H,4,7,12H2,1H3,(H,23,25)/b11-8+. The summed E-state index contributed by atoms with van der Waals surface area (Å²) in [5, 5.41) is 11.9. The average molecular weight is 361 g/mol. The molecular formula is C21H19N3O3. The van der Waals surface area contributed by atoms with Crippen molar-refractivity contribution >= 4 is 29.3 Å². The predicted octanol–water partition coefficient (Wildman–Crippen LogP) is 3.35. The maximum Gasteiger partial charge on any atom is 0.248 e. The molecule has 0 spiro atoms. The first-order chi connectivity index (χ1) is 13.1. The summed E-state index contributed by atoms with van der Waals surface area (Å²) in [5.74, 6) is 0.304. The Hall–Kier alpha value is -3.59. The second-order valence-corrected chi connectivity index (χ2v) is 6.06. The molecule has 2 aromatic carbocycles. The molecule has 0 aromatic heterocycles. The highest BCUT2D eigenvalue weighted by molar-refractivity contribution is 6.03. The summed E-state index contributed by atoms with van der Waals surface area (Å²) in [4.78, 5) is 26.0. The lowest BCUT2D eigenvalue weighted by molar-refractivity contribution is -0.117. The average Bonchev–Trinajstić information content (AvgIpc) is 3.12. The third-order valence-corrected chi connectivity index (χ3v) is 4.31. The molecule has 1 N–H and O–H groups in total. The van der Waals surface area contributed by atoms with Gasteiger partial charge in [-0.1, -0.05) is 18.2 Å². The molecule has 3 rings (SSSR count). The molecule has 0 unspecified atom stereocenters. The van der Waals surface area contributed by atoms with Crippen LogP contribution in [0.1, 0.15) is 24.0 Å². The van der Waals surface area contributed by atoms with Crippen LogP contribution in [0.5, 0.6) is 5.75 Å². The van der Waals surface area contributed by atoms with Gasteiger partial charge >= 0.3 is 0 Å². The number of nitriles is 1. The molecule has 1 fully saturated rings. The van der Waals surface area contributed by atoms with Crippen molar-refractivity contribution in [3.8, 4) is 11.8 Å². The van der Waals surface area contributed by atoms with Gasteiger partial charge in [0.25, 0.3) is 0 Å². The number of hydrogen-bond donors (Lipinski definition) is 1. The van der Waals surface area contributed by atoms with Crippen molar-refractivity contribution < 1.29 is 14.3 Å². The molecule has 1 aliphatic heterocycles. The van der Waals surface area contributed by atoms with Crippen LogP contribution in [0.4, 0.5) is 11.4 Å². The van der Waals surface area contributed by atoms with Gasteiger partial charge in [0.2, 0.25) is 11.8 Å². The lowest BCUT2D eigenvalue weighted by Crippen LogP contribution is -2.24. The number of ether oxygens (including phenoxy) is 1. The number of hydrogen-bond acceptors (Lipinski definition) is 4. The number of nitrogens with one attached hydrogen (secondary N) is 1. The van der Waals surface area contributed by atoms with Crippen LogP contribution in [0.2, 0.25) is 0 Å². The summed E-state index contributed by atoms with van der Waals surface area (Å²) in [7, 11) is 1.55. The highest BCUT2D eigenvalue weighted by Gasteiger charge is 2.24. The smallest absolute Gasteiger partial charge is 0.248 e. The minimum absolute atomic E-state index is 0.0461. The third-order valence-electron chi connectivity index (χ3n) is 4.31. The fourth-order valence-electron chi connectivity index (χ4n) is 2.98. The van der Waals surface area contributed by atoms with Gasteiger partial charge in [-0.05, 0) is 42.3 Å². The van der Waals surface area contributed by atoms with Crippen LogP contribution in [0.3, 0.4) is 0 Å². The first-order valence-corrected chi connectivity index (χ1v) is 8.59. The highest BCUT2D eigenvalue weighted by Crippen LogP contribution is 2.34. The summed E-state index contributed by atoms with van der Waals surface area (Å²) >= 11 is 0. The van der Waals surface area contributed by atoms with Crippen LogP contribution in [0.15, 0.2) is 48.5 Å². The van der Waals surface area contributed by atoms with E-state index in [2.05, 4.69) is 11.4 Å². The van der Waals surface area contributed by atoms with Crippen LogP contribution in [-0.4, -0.2) is 25.5 Å². The predicted molar refractivity (Wildman–Crippen MR) is 103 cm³/mol. The molecular weight excluding hydrogens is 342 g/mol. The van der Waals surface area contributed by atoms with Gasteiger partial charge in [0, 0.05) is 24.7 Å². The Morgan fingerprint density at radius 3 is 2.81 bits per heavy atom. The van der Waals surface area contributed by atoms with Gasteiger partial charge in [0.15, 0.2) is 0 Å². The number of nitrogens with zero attached hydrogens (tertiary/aromatic N) is 2. The number of anilines is 2. The Morgan fingerprint density at radius 1 is 1.30 bits per heavy atom. The molecule has 136 valence electrons. The normalized spacial score (nSPS) is 13.6. The van der Waals surface area contributed by atoms with E-state index in [1.165, 1.54) is 6.08 Å². The zero-order chi connectivity index (χ0) is 19.2. The van der Waals surface area contributed by atoms with E-state index in [1.807, 2.05) is 0 Å². The van der Waals surface area contributed by atoms with E-state index in [-0.39, 0.29) is 11.8 Å². The van der Waals surface area contributed by atoms with Crippen molar-refractivity contribution in [2.24, 2.45) is 0 Å². The van der Waals surface area contributed by atoms with E-state index >= 15 is 0 Å². The number of benzene rings is 2. The molecule has 0 bridgehead atoms. The second-order valence-electron chi connectivity index (χ2n) is 6.06. The lowest BCUT2D eigenvalue weighted by atomic mass is 10.1. The van der Waals surface area contributed by atoms with Gasteiger partial charge in [-0.3, -0.25) is 9.59 Å². The quantitative estimate of drug-likeness (QED) is 0.828. The first kappa shape index (κ1) is 18.2. The Bertz CT molecular complexity index is 944. The molecule has 0 saturated carbocycles. The van der Waals surface area contributed by atoms with Crippen LogP contribution in [-0.2, 0) is 9.59 Å². The Kier molecular flexibility index (Phi) is 5.53. The van der Waals surface area contributed by atoms with Gasteiger partial charge < -0.3 is 15.0 Å². The van der Waals surface area contributed by atoms with Crippen LogP contribution in [0.25, 0.3) is 6.08 Å². The van der Waals surface area contributed by atoms with Gasteiger partial charge in [-0.2, -0.15) is 5.26 Å². The monoisotopic (exact) mass is 361 g/mol. The summed E-state index contributed by atoms with van der Waals surface area (Å²) in [6.07, 6.45) is 4.30. The highest BCUT2D eigenvalue weighted by atomic mass is 16.5. The van der Waals surface area contributed by atoms with E-state index in [1.54, 1.807) is 60.6 Å². The topological polar surface area (TPSA) is 82.4 Å². The van der Waals surface area contributed by atoms with Gasteiger partial charge in [-0.25, -0.2) is 0 Å². The van der Waals surface area contributed by atoms with Crippen molar-refractivity contribution in [2.45, 2.75) is 12.8 Å². The zero-order valence-electron chi connectivity index (χ0n) is 14.9. The molecule has 6 heteroatoms. The maximum atomic E-state index is 12.2. The van der Waals surface area contributed by atoms with Crippen LogP contribution >= 0.6 is 0 Å². The number of methoxy groups -OCH3 is 1. The van der Waals surface area contributed by atoms with Crippen molar-refractivity contribution in [1.82, 2.24) is 0 Å². The summed E-state index contributed by atoms with van der Waals surface area (Å²) < 4.78 is 5.35. The third kappa shape index (κ3) is 4.15. The van der Waals surface area contributed by atoms with Gasteiger partial charge in [0.05, 0.1) is 24.4 Å². The van der Waals surface area contributed by atoms with E-state index in [9.17, 15) is 9.59 Å². The van der Waals surface area contributed by atoms with Crippen molar-refractivity contribution in [3.63, 3.8) is 0 Å². The molecule has 1 aliphatic rings. The first-order valence-electron chi connectivity index (χ1n) is 8.59. The molecule has 27 heavy (non-hydrogen) atoms. The van der Waals surface area contributed by atoms with Gasteiger partial charge in [-0.15, -0.1) is 0 Å². The summed E-state index contributed by atoms with van der Waals surface area (Å²) in [6, 6.07) is 14.3. The van der Waals surface area contributed by atoms with E-state index < -0.39 is 0 Å². The SMILES string of the molecule is COc1ccc(NC(=O)/C=C/c2ccccc2C#N)cc1N1CCCC1=O. The van der Waals surface area contributed by atoms with E-state index in [4.69, 9.17) is 10.00 Å². The number of carbonyl (C=O) groups is 2. The molecule has 2 aromatic rings. The van der Waals surface area contributed by atoms with Crippen LogP contribution < -0.4 is 15.0 Å². The molecule has 0 aliphatic carbocycles. The molecule has 1 heterocycles. The van der Waals surface area contributed by atoms with E-state index in [0.717, 1.165) is 6.42 Å². The van der Waals surface area contributed by atoms with Gasteiger partial charge in [0.1, 0.15) is 5.75 Å². The number of carbonyl (C=O) groups excluding carboxylic acids is 2. The minimum atomic E-state index is -0.327. The Morgan fingerprint density at radius 2 is 2.11 bits per heavy atom.